The van der Waals surface area contributed by atoms with E-state index in [1.165, 1.54) is 11.3 Å². The lowest BCUT2D eigenvalue weighted by atomic mass is 9.96. The van der Waals surface area contributed by atoms with Gasteiger partial charge in [-0.1, -0.05) is 5.11 Å². The van der Waals surface area contributed by atoms with Gasteiger partial charge >= 0.3 is 0 Å². The molecule has 2 amide bonds. The number of hydrogen-bond acceptors (Lipinski definition) is 4. The van der Waals surface area contributed by atoms with E-state index in [1.807, 2.05) is 0 Å². The molecular formula is C12H15N5O2S. The average molecular weight is 293 g/mol. The van der Waals surface area contributed by atoms with E-state index >= 15 is 0 Å². The number of likely N-dealkylation sites (tertiary alicyclic amines) is 1. The Kier molecular flexibility index (Phi) is 4.60. The highest BCUT2D eigenvalue weighted by Gasteiger charge is 2.26. The second-order valence-corrected chi connectivity index (χ2v) is 5.79. The van der Waals surface area contributed by atoms with Gasteiger partial charge < -0.3 is 10.6 Å². The van der Waals surface area contributed by atoms with Crippen molar-refractivity contribution in [1.82, 2.24) is 4.90 Å². The van der Waals surface area contributed by atoms with Gasteiger partial charge in [0.1, 0.15) is 0 Å². The van der Waals surface area contributed by atoms with Crippen LogP contribution in [-0.4, -0.2) is 29.8 Å². The zero-order valence-corrected chi connectivity index (χ0v) is 11.7. The number of primary amides is 1. The number of carbonyl (C=O) groups is 2. The number of nitrogens with two attached hydrogens (primary N) is 1. The van der Waals surface area contributed by atoms with E-state index in [0.29, 0.717) is 30.8 Å². The van der Waals surface area contributed by atoms with Gasteiger partial charge in [-0.25, -0.2) is 0 Å². The maximum absolute atomic E-state index is 12.3. The van der Waals surface area contributed by atoms with Crippen molar-refractivity contribution in [3.05, 3.63) is 32.3 Å². The number of carbonyl (C=O) groups excluding carboxylic acids is 2. The molecular weight excluding hydrogens is 278 g/mol. The maximum Gasteiger partial charge on any atom is 0.263 e. The van der Waals surface area contributed by atoms with Crippen LogP contribution in [0.15, 0.2) is 17.2 Å². The summed E-state index contributed by atoms with van der Waals surface area (Å²) in [7, 11) is 0. The fourth-order valence-electron chi connectivity index (χ4n) is 2.20. The molecule has 0 saturated carbocycles. The van der Waals surface area contributed by atoms with E-state index in [0.717, 1.165) is 4.88 Å². The third kappa shape index (κ3) is 3.28. The van der Waals surface area contributed by atoms with Crippen molar-refractivity contribution >= 4 is 23.2 Å². The van der Waals surface area contributed by atoms with Crippen molar-refractivity contribution in [3.8, 4) is 0 Å². The van der Waals surface area contributed by atoms with E-state index in [4.69, 9.17) is 11.3 Å². The Bertz CT molecular complexity index is 556. The van der Waals surface area contributed by atoms with Crippen LogP contribution in [-0.2, 0) is 11.3 Å². The van der Waals surface area contributed by atoms with Crippen molar-refractivity contribution < 1.29 is 9.59 Å². The lowest BCUT2D eigenvalue weighted by Crippen LogP contribution is -2.41. The molecule has 1 fully saturated rings. The third-order valence-electron chi connectivity index (χ3n) is 3.35. The summed E-state index contributed by atoms with van der Waals surface area (Å²) in [5.41, 5.74) is 13.5. The molecule has 0 aromatic carbocycles. The second kappa shape index (κ2) is 6.40. The maximum atomic E-state index is 12.3. The Labute approximate surface area is 120 Å². The van der Waals surface area contributed by atoms with Gasteiger partial charge in [0.15, 0.2) is 0 Å². The Hall–Kier alpha value is -2.05. The number of amides is 2. The molecule has 1 aliphatic rings. The minimum atomic E-state index is -0.287. The van der Waals surface area contributed by atoms with E-state index in [9.17, 15) is 9.59 Å². The molecule has 2 heterocycles. The van der Waals surface area contributed by atoms with Crippen LogP contribution >= 0.6 is 11.3 Å². The molecule has 1 aliphatic heterocycles. The molecule has 1 aromatic rings. The number of thiophene rings is 1. The Balaban J connectivity index is 1.96. The molecule has 0 atom stereocenters. The molecule has 7 nitrogen and oxygen atoms in total. The van der Waals surface area contributed by atoms with Gasteiger partial charge in [-0.05, 0) is 30.5 Å². The Morgan fingerprint density at radius 2 is 2.15 bits per heavy atom. The Morgan fingerprint density at radius 3 is 2.75 bits per heavy atom. The van der Waals surface area contributed by atoms with Gasteiger partial charge in [-0.2, -0.15) is 0 Å². The summed E-state index contributed by atoms with van der Waals surface area (Å²) in [6.45, 7) is 1.37. The normalized spacial score (nSPS) is 15.7. The summed E-state index contributed by atoms with van der Waals surface area (Å²) in [5.74, 6) is -0.446. The minimum Gasteiger partial charge on any atom is -0.369 e. The molecule has 0 spiro atoms. The lowest BCUT2D eigenvalue weighted by molar-refractivity contribution is -0.123. The Morgan fingerprint density at radius 1 is 1.45 bits per heavy atom. The van der Waals surface area contributed by atoms with Crippen molar-refractivity contribution in [3.63, 3.8) is 0 Å². The summed E-state index contributed by atoms with van der Waals surface area (Å²) in [6, 6.07) is 3.54. The molecule has 8 heteroatoms. The number of azide groups is 1. The zero-order chi connectivity index (χ0) is 14.5. The van der Waals surface area contributed by atoms with E-state index in [1.54, 1.807) is 17.0 Å². The molecule has 1 aromatic heterocycles. The average Bonchev–Trinajstić information content (AvgIpc) is 2.93. The lowest BCUT2D eigenvalue weighted by Gasteiger charge is -2.30. The van der Waals surface area contributed by atoms with Crippen LogP contribution in [0, 0.1) is 5.92 Å². The van der Waals surface area contributed by atoms with E-state index in [2.05, 4.69) is 10.0 Å². The highest BCUT2D eigenvalue weighted by molar-refractivity contribution is 7.14. The first-order valence-electron chi connectivity index (χ1n) is 6.30. The molecule has 0 radical (unpaired) electrons. The SMILES string of the molecule is [N-]=[N+]=NCc1ccc(C(=O)N2CCC(C(N)=O)CC2)s1. The molecule has 106 valence electrons. The first-order valence-corrected chi connectivity index (χ1v) is 7.11. The zero-order valence-electron chi connectivity index (χ0n) is 10.9. The molecule has 2 rings (SSSR count). The predicted molar refractivity (Wildman–Crippen MR) is 75.0 cm³/mol. The number of rotatable bonds is 4. The largest absolute Gasteiger partial charge is 0.369 e. The summed E-state index contributed by atoms with van der Waals surface area (Å²) in [4.78, 5) is 29.3. The van der Waals surface area contributed by atoms with Gasteiger partial charge in [0.25, 0.3) is 5.91 Å². The van der Waals surface area contributed by atoms with E-state index in [-0.39, 0.29) is 24.3 Å². The monoisotopic (exact) mass is 293 g/mol. The van der Waals surface area contributed by atoms with E-state index < -0.39 is 0 Å². The van der Waals surface area contributed by atoms with Crippen LogP contribution in [0.4, 0.5) is 0 Å². The van der Waals surface area contributed by atoms with Gasteiger partial charge in [-0.15, -0.1) is 11.3 Å². The third-order valence-corrected chi connectivity index (χ3v) is 4.40. The first-order chi connectivity index (χ1) is 9.61. The van der Waals surface area contributed by atoms with Gasteiger partial charge in [0.05, 0.1) is 11.4 Å². The van der Waals surface area contributed by atoms with Crippen molar-refractivity contribution in [2.24, 2.45) is 16.8 Å². The van der Waals surface area contributed by atoms with Crippen molar-refractivity contribution in [1.29, 1.82) is 0 Å². The molecule has 2 N–H and O–H groups in total. The van der Waals surface area contributed by atoms with Gasteiger partial charge in [-0.3, -0.25) is 9.59 Å². The topological polar surface area (TPSA) is 112 Å². The molecule has 0 unspecified atom stereocenters. The van der Waals surface area contributed by atoms with Crippen molar-refractivity contribution in [2.45, 2.75) is 19.4 Å². The van der Waals surface area contributed by atoms with Gasteiger partial charge in [0, 0.05) is 28.8 Å². The predicted octanol–water partition coefficient (Wildman–Crippen LogP) is 1.90. The summed E-state index contributed by atoms with van der Waals surface area (Å²) >= 11 is 1.33. The van der Waals surface area contributed by atoms with Crippen LogP contribution in [0.2, 0.25) is 0 Å². The molecule has 1 saturated heterocycles. The number of piperidine rings is 1. The summed E-state index contributed by atoms with van der Waals surface area (Å²) in [6.07, 6.45) is 1.25. The fourth-order valence-corrected chi connectivity index (χ4v) is 3.10. The highest BCUT2D eigenvalue weighted by atomic mass is 32.1. The smallest absolute Gasteiger partial charge is 0.263 e. The van der Waals surface area contributed by atoms with Crippen LogP contribution < -0.4 is 5.73 Å². The first kappa shape index (κ1) is 14.4. The minimum absolute atomic E-state index is 0.0369. The molecule has 0 aliphatic carbocycles. The van der Waals surface area contributed by atoms with Crippen molar-refractivity contribution in [2.75, 3.05) is 13.1 Å². The van der Waals surface area contributed by atoms with Crippen LogP contribution in [0.25, 0.3) is 10.4 Å². The summed E-state index contributed by atoms with van der Waals surface area (Å²) in [5, 5.41) is 3.47. The quantitative estimate of drug-likeness (QED) is 0.519. The fraction of sp³-hybridized carbons (Fsp3) is 0.500. The molecule has 20 heavy (non-hydrogen) atoms. The second-order valence-electron chi connectivity index (χ2n) is 4.62. The highest BCUT2D eigenvalue weighted by Crippen LogP contribution is 2.23. The van der Waals surface area contributed by atoms with Crippen LogP contribution in [0.3, 0.4) is 0 Å². The number of nitrogens with zero attached hydrogens (tertiary/aromatic N) is 4. The standard InChI is InChI=1S/C12H15N5O2S/c13-11(18)8-3-5-17(6-4-8)12(19)10-2-1-9(20-10)7-15-16-14/h1-2,8H,3-7H2,(H2,13,18). The molecule has 0 bridgehead atoms. The van der Waals surface area contributed by atoms with Gasteiger partial charge in [0.2, 0.25) is 5.91 Å². The van der Waals surface area contributed by atoms with Crippen LogP contribution in [0.5, 0.6) is 0 Å². The summed E-state index contributed by atoms with van der Waals surface area (Å²) < 4.78 is 0. The van der Waals surface area contributed by atoms with Crippen LogP contribution in [0.1, 0.15) is 27.4 Å². The number of hydrogen-bond donors (Lipinski definition) is 1.